The van der Waals surface area contributed by atoms with E-state index in [4.69, 9.17) is 15.3 Å². The Balaban J connectivity index is 2.66. The van der Waals surface area contributed by atoms with E-state index in [1.54, 1.807) is 14.0 Å². The lowest BCUT2D eigenvalue weighted by Gasteiger charge is -2.23. The standard InChI is InChI=1S/C10H20N6O3/c1-10(17,4-5-18-2)6-12-7-13-8(16-11)15-9(14-7)19-3/h17H,4-6,11H2,1-3H3,(H2,12,13,14,15,16). The summed E-state index contributed by atoms with van der Waals surface area (Å²) in [6.45, 7) is 2.41. The van der Waals surface area contributed by atoms with Crippen LogP contribution in [0.15, 0.2) is 0 Å². The molecule has 9 heteroatoms. The molecule has 0 fully saturated rings. The molecule has 0 saturated heterocycles. The van der Waals surface area contributed by atoms with Gasteiger partial charge in [-0.15, -0.1) is 0 Å². The number of nitrogens with zero attached hydrogens (tertiary/aromatic N) is 3. The van der Waals surface area contributed by atoms with Crippen molar-refractivity contribution in [2.24, 2.45) is 5.84 Å². The molecule has 5 N–H and O–H groups in total. The van der Waals surface area contributed by atoms with E-state index in [-0.39, 0.29) is 24.5 Å². The minimum absolute atomic E-state index is 0.127. The molecule has 0 spiro atoms. The van der Waals surface area contributed by atoms with Crippen LogP contribution in [0.3, 0.4) is 0 Å². The average molecular weight is 272 g/mol. The minimum atomic E-state index is -0.938. The van der Waals surface area contributed by atoms with Gasteiger partial charge in [0.05, 0.1) is 12.7 Å². The number of hydrazine groups is 1. The number of hydrogen-bond acceptors (Lipinski definition) is 9. The molecule has 0 aliphatic rings. The van der Waals surface area contributed by atoms with Crippen LogP contribution in [0.25, 0.3) is 0 Å². The summed E-state index contributed by atoms with van der Waals surface area (Å²) < 4.78 is 9.84. The molecule has 9 nitrogen and oxygen atoms in total. The molecule has 0 aromatic carbocycles. The molecular formula is C10H20N6O3. The molecule has 1 rings (SSSR count). The molecule has 1 aromatic rings. The zero-order valence-electron chi connectivity index (χ0n) is 11.3. The third-order valence-corrected chi connectivity index (χ3v) is 2.40. The van der Waals surface area contributed by atoms with Crippen LogP contribution in [-0.4, -0.2) is 53.0 Å². The van der Waals surface area contributed by atoms with Crippen LogP contribution in [-0.2, 0) is 4.74 Å². The molecule has 0 aliphatic heterocycles. The first-order valence-electron chi connectivity index (χ1n) is 5.72. The Morgan fingerprint density at radius 3 is 2.53 bits per heavy atom. The van der Waals surface area contributed by atoms with Crippen molar-refractivity contribution in [3.63, 3.8) is 0 Å². The molecule has 1 unspecified atom stereocenters. The number of methoxy groups -OCH3 is 2. The molecule has 0 radical (unpaired) electrons. The van der Waals surface area contributed by atoms with Crippen molar-refractivity contribution in [2.75, 3.05) is 38.1 Å². The summed E-state index contributed by atoms with van der Waals surface area (Å²) in [5.74, 6) is 5.67. The average Bonchev–Trinajstić information content (AvgIpc) is 2.42. The summed E-state index contributed by atoms with van der Waals surface area (Å²) in [4.78, 5) is 11.8. The summed E-state index contributed by atoms with van der Waals surface area (Å²) >= 11 is 0. The van der Waals surface area contributed by atoms with Gasteiger partial charge in [-0.05, 0) is 6.92 Å². The van der Waals surface area contributed by atoms with Crippen LogP contribution in [0.1, 0.15) is 13.3 Å². The van der Waals surface area contributed by atoms with E-state index in [2.05, 4.69) is 25.7 Å². The molecule has 0 aliphatic carbocycles. The fraction of sp³-hybridized carbons (Fsp3) is 0.700. The van der Waals surface area contributed by atoms with E-state index < -0.39 is 5.60 Å². The predicted octanol–water partition coefficient (Wildman–Crippen LogP) is -0.635. The maximum Gasteiger partial charge on any atom is 0.322 e. The second-order valence-electron chi connectivity index (χ2n) is 4.21. The van der Waals surface area contributed by atoms with E-state index in [1.807, 2.05) is 0 Å². The highest BCUT2D eigenvalue weighted by atomic mass is 16.5. The zero-order valence-corrected chi connectivity index (χ0v) is 11.3. The maximum absolute atomic E-state index is 10.1. The lowest BCUT2D eigenvalue weighted by Crippen LogP contribution is -2.35. The molecular weight excluding hydrogens is 252 g/mol. The van der Waals surface area contributed by atoms with Crippen molar-refractivity contribution in [1.82, 2.24) is 15.0 Å². The van der Waals surface area contributed by atoms with E-state index in [1.165, 1.54) is 7.11 Å². The van der Waals surface area contributed by atoms with Gasteiger partial charge in [0.1, 0.15) is 0 Å². The van der Waals surface area contributed by atoms with Crippen molar-refractivity contribution in [3.05, 3.63) is 0 Å². The van der Waals surface area contributed by atoms with Crippen LogP contribution < -0.4 is 21.3 Å². The normalized spacial score (nSPS) is 13.7. The first kappa shape index (κ1) is 15.3. The Labute approximate surface area is 111 Å². The van der Waals surface area contributed by atoms with E-state index in [9.17, 15) is 5.11 Å². The Morgan fingerprint density at radius 1 is 1.26 bits per heavy atom. The number of anilines is 2. The fourth-order valence-corrected chi connectivity index (χ4v) is 1.27. The molecule has 1 heterocycles. The van der Waals surface area contributed by atoms with Gasteiger partial charge in [0.25, 0.3) is 0 Å². The monoisotopic (exact) mass is 272 g/mol. The van der Waals surface area contributed by atoms with Gasteiger partial charge >= 0.3 is 6.01 Å². The molecule has 0 amide bonds. The van der Waals surface area contributed by atoms with Gasteiger partial charge in [-0.25, -0.2) is 5.84 Å². The number of ether oxygens (including phenoxy) is 2. The van der Waals surface area contributed by atoms with Crippen LogP contribution in [0, 0.1) is 0 Å². The first-order chi connectivity index (χ1) is 9.00. The topological polar surface area (TPSA) is 127 Å². The number of nitrogens with two attached hydrogens (primary N) is 1. The van der Waals surface area contributed by atoms with E-state index in [0.717, 1.165) is 0 Å². The number of nitrogens with one attached hydrogen (secondary N) is 2. The molecule has 19 heavy (non-hydrogen) atoms. The SMILES string of the molecule is COCCC(C)(O)CNc1nc(NN)nc(OC)n1. The lowest BCUT2D eigenvalue weighted by atomic mass is 10.0. The van der Waals surface area contributed by atoms with Crippen molar-refractivity contribution >= 4 is 11.9 Å². The fourth-order valence-electron chi connectivity index (χ4n) is 1.27. The summed E-state index contributed by atoms with van der Waals surface area (Å²) in [7, 11) is 3.02. The Kier molecular flexibility index (Phi) is 5.67. The van der Waals surface area contributed by atoms with Gasteiger partial charge in [0, 0.05) is 26.7 Å². The van der Waals surface area contributed by atoms with Crippen LogP contribution in [0.5, 0.6) is 6.01 Å². The summed E-state index contributed by atoms with van der Waals surface area (Å²) in [5.41, 5.74) is 1.37. The molecule has 0 bridgehead atoms. The number of rotatable bonds is 8. The second kappa shape index (κ2) is 7.02. The van der Waals surface area contributed by atoms with E-state index in [0.29, 0.717) is 13.0 Å². The molecule has 1 atom stereocenters. The Morgan fingerprint density at radius 2 is 1.95 bits per heavy atom. The van der Waals surface area contributed by atoms with Gasteiger partial charge in [-0.2, -0.15) is 15.0 Å². The summed E-state index contributed by atoms with van der Waals surface area (Å²) in [5, 5.41) is 13.0. The van der Waals surface area contributed by atoms with E-state index >= 15 is 0 Å². The summed E-state index contributed by atoms with van der Waals surface area (Å²) in [6.07, 6.45) is 0.487. The first-order valence-corrected chi connectivity index (χ1v) is 5.72. The summed E-state index contributed by atoms with van der Waals surface area (Å²) in [6, 6.07) is 0.127. The number of nitrogen functional groups attached to an aromatic ring is 1. The lowest BCUT2D eigenvalue weighted by molar-refractivity contribution is 0.0356. The Bertz CT molecular complexity index is 379. The zero-order chi connectivity index (χ0) is 14.3. The maximum atomic E-state index is 10.1. The second-order valence-corrected chi connectivity index (χ2v) is 4.21. The van der Waals surface area contributed by atoms with Gasteiger partial charge < -0.3 is 19.9 Å². The molecule has 108 valence electrons. The van der Waals surface area contributed by atoms with Gasteiger partial charge in [0.15, 0.2) is 0 Å². The number of hydrogen-bond donors (Lipinski definition) is 4. The molecule has 1 aromatic heterocycles. The Hall–Kier alpha value is -1.71. The largest absolute Gasteiger partial charge is 0.467 e. The highest BCUT2D eigenvalue weighted by molar-refractivity contribution is 5.35. The molecule has 0 saturated carbocycles. The number of aliphatic hydroxyl groups is 1. The van der Waals surface area contributed by atoms with Gasteiger partial charge in [-0.1, -0.05) is 0 Å². The third kappa shape index (κ3) is 5.20. The number of aromatic nitrogens is 3. The van der Waals surface area contributed by atoms with Crippen LogP contribution in [0.2, 0.25) is 0 Å². The van der Waals surface area contributed by atoms with Crippen molar-refractivity contribution in [3.8, 4) is 6.01 Å². The van der Waals surface area contributed by atoms with Gasteiger partial charge in [0.2, 0.25) is 11.9 Å². The van der Waals surface area contributed by atoms with Crippen molar-refractivity contribution in [2.45, 2.75) is 18.9 Å². The van der Waals surface area contributed by atoms with Gasteiger partial charge in [-0.3, -0.25) is 5.43 Å². The van der Waals surface area contributed by atoms with Crippen molar-refractivity contribution < 1.29 is 14.6 Å². The van der Waals surface area contributed by atoms with Crippen LogP contribution in [0.4, 0.5) is 11.9 Å². The quantitative estimate of drug-likeness (QED) is 0.361. The highest BCUT2D eigenvalue weighted by Gasteiger charge is 2.20. The smallest absolute Gasteiger partial charge is 0.322 e. The predicted molar refractivity (Wildman–Crippen MR) is 69.8 cm³/mol. The van der Waals surface area contributed by atoms with Crippen LogP contribution >= 0.6 is 0 Å². The highest BCUT2D eigenvalue weighted by Crippen LogP contribution is 2.13. The third-order valence-electron chi connectivity index (χ3n) is 2.40. The van der Waals surface area contributed by atoms with Crippen molar-refractivity contribution in [1.29, 1.82) is 0 Å². The minimum Gasteiger partial charge on any atom is -0.467 e.